The number of hydrogen-bond acceptors (Lipinski definition) is 5. The summed E-state index contributed by atoms with van der Waals surface area (Å²) in [5, 5.41) is 5.92. The summed E-state index contributed by atoms with van der Waals surface area (Å²) < 4.78 is 10.9. The zero-order chi connectivity index (χ0) is 22.3. The molecule has 0 spiro atoms. The molecule has 0 saturated carbocycles. The minimum atomic E-state index is -0.357. The zero-order valence-corrected chi connectivity index (χ0v) is 18.6. The summed E-state index contributed by atoms with van der Waals surface area (Å²) in [6, 6.07) is 14.3. The molecule has 0 fully saturated rings. The van der Waals surface area contributed by atoms with Crippen molar-refractivity contribution in [1.82, 2.24) is 0 Å². The quantitative estimate of drug-likeness (QED) is 0.301. The fraction of sp³-hybridized carbons (Fsp3) is 0.440. The van der Waals surface area contributed by atoms with Crippen LogP contribution in [0.4, 0.5) is 11.4 Å². The lowest BCUT2D eigenvalue weighted by Crippen LogP contribution is -2.21. The first kappa shape index (κ1) is 24.3. The summed E-state index contributed by atoms with van der Waals surface area (Å²) in [5.74, 6) is 0.263. The normalized spacial score (nSPS) is 10.4. The molecule has 31 heavy (non-hydrogen) atoms. The van der Waals surface area contributed by atoms with E-state index in [4.69, 9.17) is 9.47 Å². The fourth-order valence-electron chi connectivity index (χ4n) is 2.95. The molecule has 2 rings (SSSR count). The molecule has 0 aromatic heterocycles. The number of hydrogen-bond donors (Lipinski definition) is 2. The van der Waals surface area contributed by atoms with Gasteiger partial charge in [0.05, 0.1) is 25.3 Å². The van der Waals surface area contributed by atoms with E-state index in [-0.39, 0.29) is 18.4 Å². The van der Waals surface area contributed by atoms with Gasteiger partial charge in [-0.1, -0.05) is 45.6 Å². The van der Waals surface area contributed by atoms with Gasteiger partial charge in [0, 0.05) is 17.4 Å². The summed E-state index contributed by atoms with van der Waals surface area (Å²) >= 11 is 0. The summed E-state index contributed by atoms with van der Waals surface area (Å²) in [4.78, 5) is 24.1. The first-order chi connectivity index (χ1) is 15.1. The Morgan fingerprint density at radius 1 is 0.839 bits per heavy atom. The van der Waals surface area contributed by atoms with Gasteiger partial charge in [0.2, 0.25) is 5.91 Å². The Bertz CT molecular complexity index is 805. The second-order valence-corrected chi connectivity index (χ2v) is 7.41. The second-order valence-electron chi connectivity index (χ2n) is 7.41. The highest BCUT2D eigenvalue weighted by atomic mass is 16.5. The maximum Gasteiger partial charge on any atom is 0.338 e. The third-order valence-electron chi connectivity index (χ3n) is 4.65. The summed E-state index contributed by atoms with van der Waals surface area (Å²) in [6.07, 6.45) is 6.78. The van der Waals surface area contributed by atoms with E-state index in [0.717, 1.165) is 24.3 Å². The summed E-state index contributed by atoms with van der Waals surface area (Å²) in [5.41, 5.74) is 1.92. The maximum atomic E-state index is 12.2. The van der Waals surface area contributed by atoms with Crippen LogP contribution in [-0.2, 0) is 9.53 Å². The topological polar surface area (TPSA) is 76.7 Å². The molecule has 2 N–H and O–H groups in total. The average Bonchev–Trinajstić information content (AvgIpc) is 2.79. The smallest absolute Gasteiger partial charge is 0.338 e. The number of esters is 1. The van der Waals surface area contributed by atoms with Crippen molar-refractivity contribution in [3.8, 4) is 5.75 Å². The van der Waals surface area contributed by atoms with Crippen molar-refractivity contribution in [2.24, 2.45) is 0 Å². The van der Waals surface area contributed by atoms with Crippen LogP contribution in [0.3, 0.4) is 0 Å². The molecule has 0 unspecified atom stereocenters. The number of carbonyl (C=O) groups is 2. The summed E-state index contributed by atoms with van der Waals surface area (Å²) in [6.45, 7) is 5.38. The van der Waals surface area contributed by atoms with Gasteiger partial charge in [-0.15, -0.1) is 0 Å². The highest BCUT2D eigenvalue weighted by Crippen LogP contribution is 2.18. The number of unbranched alkanes of at least 4 members (excludes halogenated alkanes) is 4. The van der Waals surface area contributed by atoms with Gasteiger partial charge in [-0.2, -0.15) is 0 Å². The first-order valence-electron chi connectivity index (χ1n) is 11.2. The number of rotatable bonds is 14. The van der Waals surface area contributed by atoms with E-state index < -0.39 is 0 Å². The molecule has 0 heterocycles. The van der Waals surface area contributed by atoms with E-state index in [9.17, 15) is 9.59 Å². The Balaban J connectivity index is 1.74. The number of carbonyl (C=O) groups excluding carboxylic acids is 2. The van der Waals surface area contributed by atoms with Crippen molar-refractivity contribution in [1.29, 1.82) is 0 Å². The van der Waals surface area contributed by atoms with Crippen LogP contribution in [-0.4, -0.2) is 31.6 Å². The summed E-state index contributed by atoms with van der Waals surface area (Å²) in [7, 11) is 0. The van der Waals surface area contributed by atoms with Gasteiger partial charge in [-0.3, -0.25) is 4.79 Å². The Morgan fingerprint density at radius 2 is 1.61 bits per heavy atom. The van der Waals surface area contributed by atoms with E-state index in [1.54, 1.807) is 24.3 Å². The van der Waals surface area contributed by atoms with E-state index in [1.807, 2.05) is 31.2 Å². The van der Waals surface area contributed by atoms with Gasteiger partial charge < -0.3 is 20.1 Å². The van der Waals surface area contributed by atoms with E-state index >= 15 is 0 Å². The monoisotopic (exact) mass is 426 g/mol. The molecule has 6 nitrogen and oxygen atoms in total. The van der Waals surface area contributed by atoms with Crippen LogP contribution >= 0.6 is 0 Å². The van der Waals surface area contributed by atoms with Crippen molar-refractivity contribution >= 4 is 23.3 Å². The standard InChI is InChI=1S/C25H34N2O4/c1-3-5-6-7-8-17-30-23-11-9-10-22(18-23)26-19-24(28)27-21-14-12-20(13-15-21)25(29)31-16-4-2/h9-15,18,26H,3-8,16-17,19H2,1-2H3,(H,27,28). The molecule has 168 valence electrons. The van der Waals surface area contributed by atoms with Crippen LogP contribution in [0.15, 0.2) is 48.5 Å². The minimum Gasteiger partial charge on any atom is -0.494 e. The second kappa shape index (κ2) is 14.1. The molecule has 0 aliphatic heterocycles. The predicted octanol–water partition coefficient (Wildman–Crippen LogP) is 5.65. The lowest BCUT2D eigenvalue weighted by atomic mass is 10.2. The van der Waals surface area contributed by atoms with Gasteiger partial charge in [0.1, 0.15) is 5.75 Å². The average molecular weight is 427 g/mol. The lowest BCUT2D eigenvalue weighted by molar-refractivity contribution is -0.114. The zero-order valence-electron chi connectivity index (χ0n) is 18.6. The number of ether oxygens (including phenoxy) is 2. The molecule has 0 radical (unpaired) electrons. The van der Waals surface area contributed by atoms with E-state index in [2.05, 4.69) is 17.6 Å². The van der Waals surface area contributed by atoms with Crippen molar-refractivity contribution in [3.05, 3.63) is 54.1 Å². The molecule has 6 heteroatoms. The van der Waals surface area contributed by atoms with E-state index in [1.165, 1.54) is 25.7 Å². The molecule has 0 atom stereocenters. The van der Waals surface area contributed by atoms with Crippen LogP contribution in [0.1, 0.15) is 62.7 Å². The predicted molar refractivity (Wildman–Crippen MR) is 125 cm³/mol. The van der Waals surface area contributed by atoms with Gasteiger partial charge in [-0.05, 0) is 49.2 Å². The van der Waals surface area contributed by atoms with Gasteiger partial charge in [0.25, 0.3) is 0 Å². The number of benzene rings is 2. The Labute approximate surface area is 185 Å². The van der Waals surface area contributed by atoms with Crippen molar-refractivity contribution in [2.75, 3.05) is 30.4 Å². The molecular formula is C25H34N2O4. The van der Waals surface area contributed by atoms with Gasteiger partial charge in [-0.25, -0.2) is 4.79 Å². The van der Waals surface area contributed by atoms with Crippen LogP contribution in [0.2, 0.25) is 0 Å². The Morgan fingerprint density at radius 3 is 2.35 bits per heavy atom. The van der Waals surface area contributed by atoms with Crippen molar-refractivity contribution in [2.45, 2.75) is 52.4 Å². The largest absolute Gasteiger partial charge is 0.494 e. The van der Waals surface area contributed by atoms with Crippen LogP contribution in [0.5, 0.6) is 5.75 Å². The maximum absolute atomic E-state index is 12.2. The highest BCUT2D eigenvalue weighted by molar-refractivity contribution is 5.95. The number of anilines is 2. The van der Waals surface area contributed by atoms with E-state index in [0.29, 0.717) is 24.5 Å². The van der Waals surface area contributed by atoms with Crippen molar-refractivity contribution < 1.29 is 19.1 Å². The highest BCUT2D eigenvalue weighted by Gasteiger charge is 2.08. The van der Waals surface area contributed by atoms with Crippen LogP contribution in [0.25, 0.3) is 0 Å². The molecule has 2 aromatic rings. The molecule has 0 saturated heterocycles. The Hall–Kier alpha value is -3.02. The number of nitrogens with one attached hydrogen (secondary N) is 2. The first-order valence-corrected chi connectivity index (χ1v) is 11.2. The SMILES string of the molecule is CCCCCCCOc1cccc(NCC(=O)Nc2ccc(C(=O)OCCC)cc2)c1. The molecule has 0 aliphatic rings. The van der Waals surface area contributed by atoms with Crippen molar-refractivity contribution in [3.63, 3.8) is 0 Å². The van der Waals surface area contributed by atoms with Crippen LogP contribution in [0, 0.1) is 0 Å². The molecule has 0 aliphatic carbocycles. The minimum absolute atomic E-state index is 0.126. The van der Waals surface area contributed by atoms with Crippen LogP contribution < -0.4 is 15.4 Å². The lowest BCUT2D eigenvalue weighted by Gasteiger charge is -2.11. The third kappa shape index (κ3) is 9.55. The van der Waals surface area contributed by atoms with Gasteiger partial charge in [0.15, 0.2) is 0 Å². The molecule has 2 aromatic carbocycles. The molecular weight excluding hydrogens is 392 g/mol. The third-order valence-corrected chi connectivity index (χ3v) is 4.65. The number of amides is 1. The molecule has 0 bridgehead atoms. The Kier molecular flexibility index (Phi) is 11.0. The fourth-order valence-corrected chi connectivity index (χ4v) is 2.95. The van der Waals surface area contributed by atoms with Gasteiger partial charge >= 0.3 is 5.97 Å². The molecule has 1 amide bonds.